The summed E-state index contributed by atoms with van der Waals surface area (Å²) in [5, 5.41) is 14.2. The molecule has 176 valence electrons. The third-order valence-electron chi connectivity index (χ3n) is 6.80. The quantitative estimate of drug-likeness (QED) is 0.664. The average molecular weight is 467 g/mol. The van der Waals surface area contributed by atoms with Gasteiger partial charge in [0.25, 0.3) is 12.3 Å². The highest BCUT2D eigenvalue weighted by Gasteiger charge is 2.55. The fourth-order valence-corrected chi connectivity index (χ4v) is 5.47. The van der Waals surface area contributed by atoms with Gasteiger partial charge in [0.1, 0.15) is 11.5 Å². The summed E-state index contributed by atoms with van der Waals surface area (Å²) in [4.78, 5) is 17.3. The van der Waals surface area contributed by atoms with E-state index < -0.39 is 35.1 Å². The van der Waals surface area contributed by atoms with E-state index in [4.69, 9.17) is 0 Å². The predicted octanol–water partition coefficient (Wildman–Crippen LogP) is 5.00. The molecule has 5 rings (SSSR count). The molecule has 0 radical (unpaired) electrons. The number of fused-ring (bicyclic) bond motifs is 1. The molecule has 0 spiro atoms. The van der Waals surface area contributed by atoms with Crippen molar-refractivity contribution in [1.29, 1.82) is 0 Å². The minimum atomic E-state index is -2.86. The smallest absolute Gasteiger partial charge is 0.282 e. The second-order valence-electron chi connectivity index (χ2n) is 9.43. The number of pyridine rings is 1. The van der Waals surface area contributed by atoms with Crippen LogP contribution in [0, 0.1) is 5.82 Å². The van der Waals surface area contributed by atoms with Crippen molar-refractivity contribution in [2.75, 3.05) is 0 Å². The number of allylic oxidation sites excluding steroid dienone is 1. The summed E-state index contributed by atoms with van der Waals surface area (Å²) in [5.41, 5.74) is 0.671. The highest BCUT2D eigenvalue weighted by Crippen LogP contribution is 2.53. The zero-order chi connectivity index (χ0) is 24.3. The van der Waals surface area contributed by atoms with Crippen molar-refractivity contribution in [2.45, 2.75) is 57.2 Å². The molecule has 0 saturated carbocycles. The molecule has 0 fully saturated rings. The van der Waals surface area contributed by atoms with E-state index in [0.717, 1.165) is 6.20 Å². The maximum atomic E-state index is 14.5. The number of halogens is 3. The summed E-state index contributed by atoms with van der Waals surface area (Å²) < 4.78 is 42.8. The lowest BCUT2D eigenvalue weighted by atomic mass is 9.61. The second-order valence-corrected chi connectivity index (χ2v) is 9.43. The Morgan fingerprint density at radius 1 is 1.24 bits per heavy atom. The molecule has 2 aromatic rings. The van der Waals surface area contributed by atoms with E-state index in [1.807, 2.05) is 20.8 Å². The van der Waals surface area contributed by atoms with Crippen LogP contribution in [-0.4, -0.2) is 29.0 Å². The van der Waals surface area contributed by atoms with Crippen LogP contribution >= 0.6 is 0 Å². The first-order valence-electron chi connectivity index (χ1n) is 11.1. The van der Waals surface area contributed by atoms with Gasteiger partial charge in [0.15, 0.2) is 6.17 Å². The van der Waals surface area contributed by atoms with Crippen molar-refractivity contribution in [3.8, 4) is 11.1 Å². The second kappa shape index (κ2) is 7.78. The normalized spacial score (nSPS) is 25.3. The molecule has 0 bridgehead atoms. The highest BCUT2D eigenvalue weighted by atomic mass is 19.3. The standard InChI is InChI=1S/C25H24F3N5O/c1-4-25(14-7-5-6-13(10-14)15-8-9-29-12-16(15)26)18-17(11-24(2,3)31-23(18)34)30-22-19(25)20(21(27)28)32-33-22/h5-10,12,21-22,30H,4,11H2,1-3H3,(H,31,34). The first-order valence-corrected chi connectivity index (χ1v) is 11.1. The summed E-state index contributed by atoms with van der Waals surface area (Å²) in [6.45, 7) is 5.67. The molecule has 3 aliphatic heterocycles. The first-order chi connectivity index (χ1) is 16.2. The van der Waals surface area contributed by atoms with Crippen LogP contribution in [0.4, 0.5) is 13.2 Å². The minimum Gasteiger partial charge on any atom is -0.362 e. The van der Waals surface area contributed by atoms with Gasteiger partial charge >= 0.3 is 0 Å². The summed E-state index contributed by atoms with van der Waals surface area (Å²) in [5.74, 6) is -0.823. The predicted molar refractivity (Wildman–Crippen MR) is 120 cm³/mol. The van der Waals surface area contributed by atoms with Crippen molar-refractivity contribution in [3.63, 3.8) is 0 Å². The van der Waals surface area contributed by atoms with Gasteiger partial charge in [0, 0.05) is 35.0 Å². The molecule has 0 aliphatic carbocycles. The number of amides is 1. The molecular formula is C25H24F3N5O. The lowest BCUT2D eigenvalue weighted by Crippen LogP contribution is -2.58. The van der Waals surface area contributed by atoms with E-state index >= 15 is 0 Å². The Morgan fingerprint density at radius 2 is 2.03 bits per heavy atom. The monoisotopic (exact) mass is 467 g/mol. The van der Waals surface area contributed by atoms with Gasteiger partial charge in [0.05, 0.1) is 17.2 Å². The number of hydrogen-bond acceptors (Lipinski definition) is 5. The number of nitrogens with zero attached hydrogens (tertiary/aromatic N) is 3. The third-order valence-corrected chi connectivity index (χ3v) is 6.80. The summed E-state index contributed by atoms with van der Waals surface area (Å²) in [6, 6.07) is 8.60. The number of aromatic nitrogens is 1. The fourth-order valence-electron chi connectivity index (χ4n) is 5.47. The molecule has 2 N–H and O–H groups in total. The maximum absolute atomic E-state index is 14.5. The lowest BCUT2D eigenvalue weighted by Gasteiger charge is -2.48. The third kappa shape index (κ3) is 3.25. The van der Waals surface area contributed by atoms with Crippen molar-refractivity contribution >= 4 is 5.91 Å². The number of carbonyl (C=O) groups is 1. The SMILES string of the molecule is CCC1(c2cccc(-c3ccncc3F)c2)C2=C(CC(C)(C)NC2=O)NC2N=NC(C(F)F)=C21. The fraction of sp³-hybridized carbons (Fsp3) is 0.360. The Balaban J connectivity index is 1.81. The molecule has 4 heterocycles. The van der Waals surface area contributed by atoms with Crippen LogP contribution in [0.25, 0.3) is 11.1 Å². The molecule has 34 heavy (non-hydrogen) atoms. The largest absolute Gasteiger partial charge is 0.362 e. The van der Waals surface area contributed by atoms with Gasteiger partial charge < -0.3 is 10.6 Å². The summed E-state index contributed by atoms with van der Waals surface area (Å²) >= 11 is 0. The average Bonchev–Trinajstić information content (AvgIpc) is 3.22. The number of carbonyl (C=O) groups excluding carboxylic acids is 1. The van der Waals surface area contributed by atoms with E-state index in [0.29, 0.717) is 40.8 Å². The molecule has 2 unspecified atom stereocenters. The van der Waals surface area contributed by atoms with Crippen LogP contribution in [0.5, 0.6) is 0 Å². The maximum Gasteiger partial charge on any atom is 0.282 e. The van der Waals surface area contributed by atoms with Crippen LogP contribution in [0.3, 0.4) is 0 Å². The lowest BCUT2D eigenvalue weighted by molar-refractivity contribution is -0.120. The molecule has 1 amide bonds. The van der Waals surface area contributed by atoms with Gasteiger partial charge in [-0.2, -0.15) is 10.2 Å². The zero-order valence-corrected chi connectivity index (χ0v) is 19.0. The van der Waals surface area contributed by atoms with Gasteiger partial charge in [-0.05, 0) is 43.5 Å². The number of alkyl halides is 2. The molecule has 1 aromatic carbocycles. The van der Waals surface area contributed by atoms with E-state index in [2.05, 4.69) is 25.8 Å². The number of rotatable bonds is 4. The number of hydrogen-bond donors (Lipinski definition) is 2. The first kappa shape index (κ1) is 22.3. The zero-order valence-electron chi connectivity index (χ0n) is 19.0. The molecule has 1 aromatic heterocycles. The minimum absolute atomic E-state index is 0.269. The van der Waals surface area contributed by atoms with Crippen molar-refractivity contribution in [3.05, 3.63) is 76.6 Å². The molecule has 9 heteroatoms. The van der Waals surface area contributed by atoms with E-state index in [-0.39, 0.29) is 11.5 Å². The topological polar surface area (TPSA) is 78.7 Å². The summed E-state index contributed by atoms with van der Waals surface area (Å²) in [6.07, 6.45) is -0.242. The van der Waals surface area contributed by atoms with Crippen LogP contribution in [0.2, 0.25) is 0 Å². The Hall–Kier alpha value is -3.49. The van der Waals surface area contributed by atoms with Crippen LogP contribution in [-0.2, 0) is 10.2 Å². The van der Waals surface area contributed by atoms with Gasteiger partial charge in [-0.15, -0.1) is 0 Å². The molecule has 6 nitrogen and oxygen atoms in total. The Morgan fingerprint density at radius 3 is 2.74 bits per heavy atom. The Bertz CT molecular complexity index is 1280. The molecule has 0 saturated heterocycles. The van der Waals surface area contributed by atoms with Crippen LogP contribution in [0.1, 0.15) is 39.2 Å². The number of azo groups is 1. The molecule has 2 atom stereocenters. The summed E-state index contributed by atoms with van der Waals surface area (Å²) in [7, 11) is 0. The van der Waals surface area contributed by atoms with E-state index in [9.17, 15) is 18.0 Å². The van der Waals surface area contributed by atoms with E-state index in [1.165, 1.54) is 6.20 Å². The number of benzene rings is 1. The van der Waals surface area contributed by atoms with Gasteiger partial charge in [-0.3, -0.25) is 9.78 Å². The van der Waals surface area contributed by atoms with Crippen molar-refractivity contribution in [1.82, 2.24) is 15.6 Å². The van der Waals surface area contributed by atoms with Gasteiger partial charge in [-0.1, -0.05) is 25.1 Å². The van der Waals surface area contributed by atoms with E-state index in [1.54, 1.807) is 30.3 Å². The van der Waals surface area contributed by atoms with Crippen molar-refractivity contribution < 1.29 is 18.0 Å². The van der Waals surface area contributed by atoms with Crippen LogP contribution in [0.15, 0.2) is 75.5 Å². The Labute approximate surface area is 195 Å². The highest BCUT2D eigenvalue weighted by molar-refractivity contribution is 6.00. The van der Waals surface area contributed by atoms with Crippen molar-refractivity contribution in [2.24, 2.45) is 10.2 Å². The number of nitrogens with one attached hydrogen (secondary N) is 2. The Kier molecular flexibility index (Phi) is 5.11. The molecule has 3 aliphatic rings. The van der Waals surface area contributed by atoms with Gasteiger partial charge in [0.2, 0.25) is 0 Å². The molecular weight excluding hydrogens is 443 g/mol. The van der Waals surface area contributed by atoms with Gasteiger partial charge in [-0.25, -0.2) is 13.2 Å². The van der Waals surface area contributed by atoms with Crippen LogP contribution < -0.4 is 10.6 Å².